The van der Waals surface area contributed by atoms with Gasteiger partial charge < -0.3 is 10.5 Å². The van der Waals surface area contributed by atoms with Gasteiger partial charge in [0.1, 0.15) is 10.6 Å². The molecule has 5 nitrogen and oxygen atoms in total. The van der Waals surface area contributed by atoms with Gasteiger partial charge in [-0.1, -0.05) is 0 Å². The van der Waals surface area contributed by atoms with E-state index >= 15 is 0 Å². The zero-order valence-corrected chi connectivity index (χ0v) is 13.8. The van der Waals surface area contributed by atoms with Gasteiger partial charge in [-0.25, -0.2) is 8.42 Å². The van der Waals surface area contributed by atoms with Crippen LogP contribution in [0.25, 0.3) is 0 Å². The van der Waals surface area contributed by atoms with Crippen LogP contribution in [0.2, 0.25) is 0 Å². The number of aryl methyl sites for hydroxylation is 2. The van der Waals surface area contributed by atoms with Crippen LogP contribution in [0.1, 0.15) is 15.3 Å². The third-order valence-corrected chi connectivity index (χ3v) is 5.77. The van der Waals surface area contributed by atoms with Crippen molar-refractivity contribution in [2.45, 2.75) is 25.3 Å². The number of ether oxygens (including phenoxy) is 1. The van der Waals surface area contributed by atoms with Crippen molar-refractivity contribution in [2.75, 3.05) is 11.8 Å². The van der Waals surface area contributed by atoms with Crippen LogP contribution >= 0.6 is 11.3 Å². The topological polar surface area (TPSA) is 81.4 Å². The average molecular weight is 326 g/mol. The first-order chi connectivity index (χ1) is 9.87. The highest BCUT2D eigenvalue weighted by molar-refractivity contribution is 7.93. The molecule has 0 spiro atoms. The molecule has 1 aromatic carbocycles. The number of hydrogen-bond donors (Lipinski definition) is 2. The Balaban J connectivity index is 2.32. The first-order valence-electron chi connectivity index (χ1n) is 6.34. The Labute approximate surface area is 128 Å². The SMILES string of the molecule is COc1ccc(NS(=O)(=O)c2cc(CN)sc2C)cc1C. The molecule has 0 aliphatic rings. The second-order valence-electron chi connectivity index (χ2n) is 4.63. The quantitative estimate of drug-likeness (QED) is 0.885. The molecule has 0 atom stereocenters. The Morgan fingerprint density at radius 3 is 2.52 bits per heavy atom. The summed E-state index contributed by atoms with van der Waals surface area (Å²) in [5, 5.41) is 0. The second kappa shape index (κ2) is 6.05. The summed E-state index contributed by atoms with van der Waals surface area (Å²) in [7, 11) is -2.03. The highest BCUT2D eigenvalue weighted by atomic mass is 32.2. The predicted molar refractivity (Wildman–Crippen MR) is 85.5 cm³/mol. The highest BCUT2D eigenvalue weighted by Gasteiger charge is 2.20. The van der Waals surface area contributed by atoms with E-state index in [4.69, 9.17) is 10.5 Å². The summed E-state index contributed by atoms with van der Waals surface area (Å²) in [6.45, 7) is 3.97. The van der Waals surface area contributed by atoms with Crippen LogP contribution in [-0.4, -0.2) is 15.5 Å². The molecule has 0 fully saturated rings. The van der Waals surface area contributed by atoms with Crippen molar-refractivity contribution in [1.82, 2.24) is 0 Å². The first-order valence-corrected chi connectivity index (χ1v) is 8.64. The summed E-state index contributed by atoms with van der Waals surface area (Å²) in [6, 6.07) is 6.77. The third-order valence-electron chi connectivity index (χ3n) is 3.06. The average Bonchev–Trinajstić information content (AvgIpc) is 2.81. The Kier molecular flexibility index (Phi) is 4.55. The summed E-state index contributed by atoms with van der Waals surface area (Å²) < 4.78 is 32.6. The van der Waals surface area contributed by atoms with Crippen molar-refractivity contribution >= 4 is 27.0 Å². The van der Waals surface area contributed by atoms with Crippen molar-refractivity contribution in [3.05, 3.63) is 39.6 Å². The molecule has 2 aromatic rings. The lowest BCUT2D eigenvalue weighted by Gasteiger charge is -2.10. The van der Waals surface area contributed by atoms with Gasteiger partial charge in [-0.05, 0) is 43.7 Å². The van der Waals surface area contributed by atoms with Crippen LogP contribution in [0.5, 0.6) is 5.75 Å². The third kappa shape index (κ3) is 3.37. The number of sulfonamides is 1. The minimum Gasteiger partial charge on any atom is -0.496 e. The van der Waals surface area contributed by atoms with Crippen LogP contribution in [0.15, 0.2) is 29.2 Å². The van der Waals surface area contributed by atoms with E-state index in [2.05, 4.69) is 4.72 Å². The standard InChI is InChI=1S/C14H18N2O3S2/c1-9-6-11(4-5-13(9)19-3)16-21(17,18)14-7-12(8-15)20-10(14)2/h4-7,16H,8,15H2,1-3H3. The van der Waals surface area contributed by atoms with Gasteiger partial charge in [0.25, 0.3) is 10.0 Å². The molecular weight excluding hydrogens is 308 g/mol. The van der Waals surface area contributed by atoms with Crippen LogP contribution in [0.4, 0.5) is 5.69 Å². The molecule has 1 heterocycles. The molecule has 0 amide bonds. The molecule has 0 aliphatic carbocycles. The van der Waals surface area contributed by atoms with E-state index in [1.807, 2.05) is 6.92 Å². The van der Waals surface area contributed by atoms with Crippen LogP contribution < -0.4 is 15.2 Å². The number of benzene rings is 1. The number of rotatable bonds is 5. The molecule has 1 aromatic heterocycles. The minimum absolute atomic E-state index is 0.279. The molecule has 3 N–H and O–H groups in total. The summed E-state index contributed by atoms with van der Waals surface area (Å²) in [5.41, 5.74) is 6.93. The van der Waals surface area contributed by atoms with Crippen LogP contribution in [0.3, 0.4) is 0 Å². The van der Waals surface area contributed by atoms with Gasteiger partial charge in [0.15, 0.2) is 0 Å². The van der Waals surface area contributed by atoms with E-state index in [9.17, 15) is 8.42 Å². The molecule has 2 rings (SSSR count). The Morgan fingerprint density at radius 2 is 2.00 bits per heavy atom. The summed E-state index contributed by atoms with van der Waals surface area (Å²) >= 11 is 1.40. The molecule has 0 bridgehead atoms. The fourth-order valence-corrected chi connectivity index (χ4v) is 4.61. The molecule has 0 aliphatic heterocycles. The summed E-state index contributed by atoms with van der Waals surface area (Å²) in [4.78, 5) is 1.85. The van der Waals surface area contributed by atoms with Crippen molar-refractivity contribution in [3.63, 3.8) is 0 Å². The smallest absolute Gasteiger partial charge is 0.263 e. The van der Waals surface area contributed by atoms with E-state index < -0.39 is 10.0 Å². The van der Waals surface area contributed by atoms with Crippen molar-refractivity contribution < 1.29 is 13.2 Å². The monoisotopic (exact) mass is 326 g/mol. The molecule has 0 saturated carbocycles. The lowest BCUT2D eigenvalue weighted by atomic mass is 10.2. The first kappa shape index (κ1) is 15.8. The molecular formula is C14H18N2O3S2. The van der Waals surface area contributed by atoms with E-state index in [1.54, 1.807) is 38.3 Å². The van der Waals surface area contributed by atoms with E-state index in [1.165, 1.54) is 11.3 Å². The fourth-order valence-electron chi connectivity index (χ4n) is 2.04. The number of nitrogens with one attached hydrogen (secondary N) is 1. The maximum absolute atomic E-state index is 12.4. The predicted octanol–water partition coefficient (Wildman–Crippen LogP) is 2.63. The van der Waals surface area contributed by atoms with Crippen molar-refractivity contribution in [1.29, 1.82) is 0 Å². The molecule has 0 radical (unpaired) electrons. The zero-order valence-electron chi connectivity index (χ0n) is 12.1. The van der Waals surface area contributed by atoms with Gasteiger partial charge in [0.05, 0.1) is 7.11 Å². The van der Waals surface area contributed by atoms with Crippen LogP contribution in [0, 0.1) is 13.8 Å². The van der Waals surface area contributed by atoms with Gasteiger partial charge in [0, 0.05) is 22.0 Å². The number of hydrogen-bond acceptors (Lipinski definition) is 5. The molecule has 0 saturated heterocycles. The molecule has 0 unspecified atom stereocenters. The summed E-state index contributed by atoms with van der Waals surface area (Å²) in [6.07, 6.45) is 0. The van der Waals surface area contributed by atoms with Gasteiger partial charge in [-0.2, -0.15) is 0 Å². The zero-order chi connectivity index (χ0) is 15.6. The molecule has 21 heavy (non-hydrogen) atoms. The normalized spacial score (nSPS) is 11.4. The summed E-state index contributed by atoms with van der Waals surface area (Å²) in [5.74, 6) is 0.718. The number of thiophene rings is 1. The Hall–Kier alpha value is -1.57. The number of methoxy groups -OCH3 is 1. The van der Waals surface area contributed by atoms with Crippen molar-refractivity contribution in [2.24, 2.45) is 5.73 Å². The lowest BCUT2D eigenvalue weighted by Crippen LogP contribution is -2.13. The van der Waals surface area contributed by atoms with Gasteiger partial charge in [0.2, 0.25) is 0 Å². The minimum atomic E-state index is -3.61. The van der Waals surface area contributed by atoms with Crippen molar-refractivity contribution in [3.8, 4) is 5.75 Å². The number of anilines is 1. The Morgan fingerprint density at radius 1 is 1.29 bits per heavy atom. The largest absolute Gasteiger partial charge is 0.496 e. The second-order valence-corrected chi connectivity index (χ2v) is 7.62. The van der Waals surface area contributed by atoms with E-state index in [-0.39, 0.29) is 4.90 Å². The maximum Gasteiger partial charge on any atom is 0.263 e. The fraction of sp³-hybridized carbons (Fsp3) is 0.286. The lowest BCUT2D eigenvalue weighted by molar-refractivity contribution is 0.412. The number of nitrogens with two attached hydrogens (primary N) is 1. The molecule has 114 valence electrons. The highest BCUT2D eigenvalue weighted by Crippen LogP contribution is 2.28. The van der Waals surface area contributed by atoms with E-state index in [0.717, 1.165) is 21.1 Å². The van der Waals surface area contributed by atoms with Crippen LogP contribution in [-0.2, 0) is 16.6 Å². The van der Waals surface area contributed by atoms with Gasteiger partial charge >= 0.3 is 0 Å². The maximum atomic E-state index is 12.4. The van der Waals surface area contributed by atoms with Gasteiger partial charge in [-0.3, -0.25) is 4.72 Å². The van der Waals surface area contributed by atoms with E-state index in [0.29, 0.717) is 12.2 Å². The van der Waals surface area contributed by atoms with Gasteiger partial charge in [-0.15, -0.1) is 11.3 Å². The molecule has 7 heteroatoms. The Bertz CT molecular complexity index is 752.